The molecule has 0 aromatic heterocycles. The molecule has 0 aliphatic carbocycles. The summed E-state index contributed by atoms with van der Waals surface area (Å²) in [6, 6.07) is 16.7. The number of hydrogen-bond donors (Lipinski definition) is 0. The molecule has 5 heteroatoms. The number of carbonyl (C=O) groups excluding carboxylic acids is 1. The van der Waals surface area contributed by atoms with Crippen molar-refractivity contribution in [2.24, 2.45) is 4.99 Å². The van der Waals surface area contributed by atoms with Gasteiger partial charge in [0.05, 0.1) is 17.3 Å². The fraction of sp³-hybridized carbons (Fsp3) is 0.211. The third kappa shape index (κ3) is 3.50. The van der Waals surface area contributed by atoms with Gasteiger partial charge in [0.15, 0.2) is 5.17 Å². The van der Waals surface area contributed by atoms with Gasteiger partial charge in [0, 0.05) is 17.4 Å². The van der Waals surface area contributed by atoms with Crippen molar-refractivity contribution in [3.05, 3.63) is 65.2 Å². The lowest BCUT2D eigenvalue weighted by Crippen LogP contribution is -2.32. The molecule has 1 heterocycles. The summed E-state index contributed by atoms with van der Waals surface area (Å²) in [5, 5.41) is 9.90. The average Bonchev–Trinajstić information content (AvgIpc) is 2.94. The van der Waals surface area contributed by atoms with Gasteiger partial charge in [-0.05, 0) is 48.9 Å². The molecule has 1 amide bonds. The number of benzene rings is 2. The van der Waals surface area contributed by atoms with Gasteiger partial charge in [0.25, 0.3) is 5.91 Å². The lowest BCUT2D eigenvalue weighted by Gasteiger charge is -2.16. The first-order chi connectivity index (χ1) is 11.6. The van der Waals surface area contributed by atoms with E-state index in [-0.39, 0.29) is 5.91 Å². The predicted octanol–water partition coefficient (Wildman–Crippen LogP) is 4.13. The molecule has 1 aliphatic heterocycles. The maximum Gasteiger partial charge on any atom is 0.259 e. The van der Waals surface area contributed by atoms with Crippen molar-refractivity contribution in [2.75, 3.05) is 6.54 Å². The highest BCUT2D eigenvalue weighted by atomic mass is 32.2. The van der Waals surface area contributed by atoms with E-state index in [0.717, 1.165) is 16.4 Å². The van der Waals surface area contributed by atoms with E-state index in [1.165, 1.54) is 0 Å². The molecule has 1 atom stereocenters. The van der Waals surface area contributed by atoms with E-state index in [4.69, 9.17) is 5.26 Å². The van der Waals surface area contributed by atoms with Crippen LogP contribution in [-0.4, -0.2) is 27.8 Å². The number of carbonyl (C=O) groups is 1. The maximum absolute atomic E-state index is 12.8. The van der Waals surface area contributed by atoms with Crippen LogP contribution in [0.3, 0.4) is 0 Å². The van der Waals surface area contributed by atoms with E-state index < -0.39 is 0 Å². The number of aryl methyl sites for hydroxylation is 1. The maximum atomic E-state index is 12.8. The van der Waals surface area contributed by atoms with Crippen LogP contribution in [0.1, 0.15) is 28.4 Å². The second kappa shape index (κ2) is 6.90. The smallest absolute Gasteiger partial charge is 0.259 e. The first kappa shape index (κ1) is 16.3. The number of rotatable bonds is 2. The normalized spacial score (nSPS) is 18.6. The molecule has 3 rings (SSSR count). The van der Waals surface area contributed by atoms with Crippen LogP contribution >= 0.6 is 11.8 Å². The molecule has 1 fully saturated rings. The Morgan fingerprint density at radius 1 is 1.29 bits per heavy atom. The highest BCUT2D eigenvalue weighted by Crippen LogP contribution is 2.29. The van der Waals surface area contributed by atoms with Crippen molar-refractivity contribution >= 4 is 28.5 Å². The minimum absolute atomic E-state index is 0.0808. The Hall–Kier alpha value is -2.58. The standard InChI is InChI=1S/C19H17N3OS/c1-13-4-3-5-17(10-13)21-19-22(12-14(2)24-19)18(23)16-8-6-15(11-20)7-9-16/h3-10,14H,12H2,1-2H3/t14-/m0/s1. The number of aliphatic imine (C=N–C) groups is 1. The van der Waals surface area contributed by atoms with Gasteiger partial charge in [0.2, 0.25) is 0 Å². The number of hydrogen-bond acceptors (Lipinski definition) is 4. The van der Waals surface area contributed by atoms with Crippen molar-refractivity contribution in [3.8, 4) is 6.07 Å². The zero-order chi connectivity index (χ0) is 17.1. The molecule has 24 heavy (non-hydrogen) atoms. The fourth-order valence-corrected chi connectivity index (χ4v) is 3.55. The van der Waals surface area contributed by atoms with Crippen LogP contribution in [0.5, 0.6) is 0 Å². The molecular formula is C19H17N3OS. The summed E-state index contributed by atoms with van der Waals surface area (Å²) in [6.07, 6.45) is 0. The van der Waals surface area contributed by atoms with Gasteiger partial charge in [-0.3, -0.25) is 9.69 Å². The summed E-state index contributed by atoms with van der Waals surface area (Å²) in [7, 11) is 0. The summed E-state index contributed by atoms with van der Waals surface area (Å²) in [5.41, 5.74) is 3.10. The molecular weight excluding hydrogens is 318 g/mol. The largest absolute Gasteiger partial charge is 0.286 e. The van der Waals surface area contributed by atoms with Gasteiger partial charge >= 0.3 is 0 Å². The monoisotopic (exact) mass is 335 g/mol. The van der Waals surface area contributed by atoms with Crippen LogP contribution in [0.15, 0.2) is 53.5 Å². The van der Waals surface area contributed by atoms with Gasteiger partial charge in [-0.2, -0.15) is 5.26 Å². The Balaban J connectivity index is 1.89. The van der Waals surface area contributed by atoms with Gasteiger partial charge in [-0.1, -0.05) is 30.8 Å². The minimum atomic E-state index is -0.0808. The van der Waals surface area contributed by atoms with Gasteiger partial charge < -0.3 is 0 Å². The Labute approximate surface area is 145 Å². The van der Waals surface area contributed by atoms with E-state index in [2.05, 4.69) is 18.0 Å². The third-order valence-corrected chi connectivity index (χ3v) is 4.78. The minimum Gasteiger partial charge on any atom is -0.286 e. The predicted molar refractivity (Wildman–Crippen MR) is 97.5 cm³/mol. The summed E-state index contributed by atoms with van der Waals surface area (Å²) in [4.78, 5) is 19.2. The molecule has 120 valence electrons. The lowest BCUT2D eigenvalue weighted by molar-refractivity contribution is 0.0855. The number of nitrogens with zero attached hydrogens (tertiary/aromatic N) is 3. The molecule has 0 radical (unpaired) electrons. The summed E-state index contributed by atoms with van der Waals surface area (Å²) in [5.74, 6) is -0.0808. The quantitative estimate of drug-likeness (QED) is 0.829. The SMILES string of the molecule is Cc1cccc(N=C2S[C@@H](C)CN2C(=O)c2ccc(C#N)cc2)c1. The molecule has 2 aromatic carbocycles. The van der Waals surface area contributed by atoms with E-state index in [1.807, 2.05) is 31.2 Å². The molecule has 0 unspecified atom stereocenters. The summed E-state index contributed by atoms with van der Waals surface area (Å²) >= 11 is 1.61. The van der Waals surface area contributed by atoms with Crippen LogP contribution in [0.25, 0.3) is 0 Å². The van der Waals surface area contributed by atoms with Crippen LogP contribution in [-0.2, 0) is 0 Å². The number of amides is 1. The highest BCUT2D eigenvalue weighted by molar-refractivity contribution is 8.14. The van der Waals surface area contributed by atoms with Crippen molar-refractivity contribution in [1.82, 2.24) is 4.90 Å². The Morgan fingerprint density at radius 3 is 2.71 bits per heavy atom. The number of thioether (sulfide) groups is 1. The van der Waals surface area contributed by atoms with Crippen LogP contribution in [0.4, 0.5) is 5.69 Å². The summed E-state index contributed by atoms with van der Waals surface area (Å²) in [6.45, 7) is 4.74. The molecule has 0 bridgehead atoms. The zero-order valence-corrected chi connectivity index (χ0v) is 14.4. The molecule has 2 aromatic rings. The number of amidine groups is 1. The van der Waals surface area contributed by atoms with Gasteiger partial charge in [-0.15, -0.1) is 0 Å². The van der Waals surface area contributed by atoms with Gasteiger partial charge in [0.1, 0.15) is 0 Å². The zero-order valence-electron chi connectivity index (χ0n) is 13.6. The van der Waals surface area contributed by atoms with Crippen molar-refractivity contribution < 1.29 is 4.79 Å². The Morgan fingerprint density at radius 2 is 2.04 bits per heavy atom. The fourth-order valence-electron chi connectivity index (χ4n) is 2.52. The molecule has 1 aliphatic rings. The highest BCUT2D eigenvalue weighted by Gasteiger charge is 2.31. The first-order valence-electron chi connectivity index (χ1n) is 7.71. The van der Waals surface area contributed by atoms with Crippen LogP contribution in [0.2, 0.25) is 0 Å². The molecule has 0 spiro atoms. The van der Waals surface area contributed by atoms with Crippen LogP contribution < -0.4 is 0 Å². The van der Waals surface area contributed by atoms with Crippen LogP contribution in [0, 0.1) is 18.3 Å². The number of nitriles is 1. The van der Waals surface area contributed by atoms with Crippen molar-refractivity contribution in [1.29, 1.82) is 5.26 Å². The second-order valence-electron chi connectivity index (χ2n) is 5.77. The molecule has 4 nitrogen and oxygen atoms in total. The van der Waals surface area contributed by atoms with E-state index in [1.54, 1.807) is 40.9 Å². The van der Waals surface area contributed by atoms with Gasteiger partial charge in [-0.25, -0.2) is 4.99 Å². The van der Waals surface area contributed by atoms with E-state index in [0.29, 0.717) is 22.9 Å². The Kier molecular flexibility index (Phi) is 4.68. The van der Waals surface area contributed by atoms with Crippen molar-refractivity contribution in [2.45, 2.75) is 19.1 Å². The van der Waals surface area contributed by atoms with E-state index in [9.17, 15) is 4.79 Å². The molecule has 1 saturated heterocycles. The molecule has 0 N–H and O–H groups in total. The first-order valence-corrected chi connectivity index (χ1v) is 8.59. The third-order valence-electron chi connectivity index (χ3n) is 3.71. The lowest BCUT2D eigenvalue weighted by atomic mass is 10.1. The summed E-state index contributed by atoms with van der Waals surface area (Å²) < 4.78 is 0. The Bertz CT molecular complexity index is 836. The second-order valence-corrected chi connectivity index (χ2v) is 7.17. The molecule has 0 saturated carbocycles. The average molecular weight is 335 g/mol. The van der Waals surface area contributed by atoms with Crippen molar-refractivity contribution in [3.63, 3.8) is 0 Å². The topological polar surface area (TPSA) is 56.5 Å². The van der Waals surface area contributed by atoms with E-state index >= 15 is 0 Å².